The summed E-state index contributed by atoms with van der Waals surface area (Å²) in [5.41, 5.74) is 3.94. The molecular formula is C29H21FN6O2. The topological polar surface area (TPSA) is 102 Å². The number of aryl methyl sites for hydroxylation is 1. The summed E-state index contributed by atoms with van der Waals surface area (Å²) in [6, 6.07) is 21.9. The van der Waals surface area contributed by atoms with Gasteiger partial charge in [0.2, 0.25) is 5.95 Å². The van der Waals surface area contributed by atoms with Crippen LogP contribution in [0.15, 0.2) is 90.2 Å². The maximum atomic E-state index is 14.9. The highest BCUT2D eigenvalue weighted by Gasteiger charge is 2.31. The van der Waals surface area contributed by atoms with Gasteiger partial charge in [-0.1, -0.05) is 54.6 Å². The first kappa shape index (κ1) is 23.4. The van der Waals surface area contributed by atoms with Gasteiger partial charge in [-0.3, -0.25) is 14.6 Å². The number of amides is 1. The lowest BCUT2D eigenvalue weighted by molar-refractivity contribution is -0.120. The molecule has 4 heterocycles. The molecule has 0 spiro atoms. The molecule has 186 valence electrons. The van der Waals surface area contributed by atoms with Crippen LogP contribution in [0.25, 0.3) is 16.9 Å². The van der Waals surface area contributed by atoms with Crippen LogP contribution in [0.4, 0.5) is 4.39 Å². The molecule has 1 aliphatic rings. The molecule has 5 aromatic rings. The lowest BCUT2D eigenvalue weighted by Crippen LogP contribution is -2.40. The number of nitrogens with zero attached hydrogens (tertiary/aromatic N) is 5. The second-order valence-corrected chi connectivity index (χ2v) is 8.92. The highest BCUT2D eigenvalue weighted by atomic mass is 19.1. The number of fused-ring (bicyclic) bond motifs is 2. The third-order valence-electron chi connectivity index (χ3n) is 6.38. The van der Waals surface area contributed by atoms with Crippen molar-refractivity contribution in [2.75, 3.05) is 0 Å². The average Bonchev–Trinajstić information content (AvgIpc) is 3.24. The molecule has 0 saturated heterocycles. The number of ketones is 1. The van der Waals surface area contributed by atoms with Crippen molar-refractivity contribution in [2.45, 2.75) is 19.5 Å². The molecule has 0 bridgehead atoms. The third-order valence-corrected chi connectivity index (χ3v) is 6.38. The van der Waals surface area contributed by atoms with E-state index in [2.05, 4.69) is 20.4 Å². The summed E-state index contributed by atoms with van der Waals surface area (Å²) in [6.07, 6.45) is 2.05. The highest BCUT2D eigenvalue weighted by Crippen LogP contribution is 2.28. The Bertz CT molecular complexity index is 1750. The highest BCUT2D eigenvalue weighted by molar-refractivity contribution is 6.16. The standard InChI is InChI=1S/C29H21FN6O2/c1-17-12-13-21(26(30)32-17)25-23(28-31-14-7-15-36(28)35-25)29(38)34-27-22(37)16-19-10-5-6-11-20(19)24(33-27)18-8-3-2-4-9-18/h2-15,27H,16H2,1H3,(H,34,38)/t27-/m1/s1. The first-order valence-electron chi connectivity index (χ1n) is 12.0. The van der Waals surface area contributed by atoms with Gasteiger partial charge in [-0.25, -0.2) is 14.5 Å². The Kier molecular flexibility index (Phi) is 5.80. The van der Waals surface area contributed by atoms with Gasteiger partial charge in [0, 0.05) is 35.6 Å². The smallest absolute Gasteiger partial charge is 0.259 e. The van der Waals surface area contributed by atoms with Crippen LogP contribution in [0.1, 0.15) is 32.7 Å². The van der Waals surface area contributed by atoms with Crippen LogP contribution in [0, 0.1) is 12.9 Å². The number of hydrogen-bond donors (Lipinski definition) is 1. The molecule has 1 aliphatic heterocycles. The summed E-state index contributed by atoms with van der Waals surface area (Å²) in [6.45, 7) is 1.67. The number of nitrogens with one attached hydrogen (secondary N) is 1. The summed E-state index contributed by atoms with van der Waals surface area (Å²) in [7, 11) is 0. The third kappa shape index (κ3) is 4.13. The van der Waals surface area contributed by atoms with Crippen LogP contribution in [-0.2, 0) is 11.2 Å². The van der Waals surface area contributed by atoms with E-state index in [0.29, 0.717) is 11.4 Å². The summed E-state index contributed by atoms with van der Waals surface area (Å²) in [4.78, 5) is 40.0. The molecule has 0 aliphatic carbocycles. The van der Waals surface area contributed by atoms with Gasteiger partial charge in [0.1, 0.15) is 11.3 Å². The molecule has 8 nitrogen and oxygen atoms in total. The molecule has 0 unspecified atom stereocenters. The summed E-state index contributed by atoms with van der Waals surface area (Å²) in [5, 5.41) is 7.18. The van der Waals surface area contributed by atoms with Crippen molar-refractivity contribution in [3.8, 4) is 11.3 Å². The van der Waals surface area contributed by atoms with Crippen LogP contribution in [0.2, 0.25) is 0 Å². The Balaban J connectivity index is 1.45. The van der Waals surface area contributed by atoms with Crippen molar-refractivity contribution < 1.29 is 14.0 Å². The number of aromatic nitrogens is 4. The quantitative estimate of drug-likeness (QED) is 0.374. The molecule has 0 saturated carbocycles. The van der Waals surface area contributed by atoms with E-state index in [1.165, 1.54) is 16.8 Å². The van der Waals surface area contributed by atoms with E-state index in [1.54, 1.807) is 25.3 Å². The maximum Gasteiger partial charge on any atom is 0.259 e. The fourth-order valence-electron chi connectivity index (χ4n) is 4.58. The van der Waals surface area contributed by atoms with Crippen molar-refractivity contribution in [1.29, 1.82) is 0 Å². The van der Waals surface area contributed by atoms with E-state index in [-0.39, 0.29) is 34.7 Å². The van der Waals surface area contributed by atoms with Crippen LogP contribution in [0.3, 0.4) is 0 Å². The summed E-state index contributed by atoms with van der Waals surface area (Å²) < 4.78 is 16.3. The van der Waals surface area contributed by atoms with Crippen molar-refractivity contribution in [3.63, 3.8) is 0 Å². The van der Waals surface area contributed by atoms with E-state index in [0.717, 1.165) is 16.7 Å². The predicted octanol–water partition coefficient (Wildman–Crippen LogP) is 3.96. The normalized spacial score (nSPS) is 15.1. The Morgan fingerprint density at radius 1 is 1.00 bits per heavy atom. The number of Topliss-reactive ketones (excluding diaryl/α,β-unsaturated/α-hetero) is 1. The molecule has 1 atom stereocenters. The second-order valence-electron chi connectivity index (χ2n) is 8.92. The lowest BCUT2D eigenvalue weighted by Gasteiger charge is -2.14. The summed E-state index contributed by atoms with van der Waals surface area (Å²) in [5.74, 6) is -1.67. The van der Waals surface area contributed by atoms with E-state index < -0.39 is 18.0 Å². The van der Waals surface area contributed by atoms with Gasteiger partial charge in [0.05, 0.1) is 11.3 Å². The molecule has 1 amide bonds. The Labute approximate surface area is 216 Å². The van der Waals surface area contributed by atoms with Gasteiger partial charge in [-0.05, 0) is 30.7 Å². The van der Waals surface area contributed by atoms with Gasteiger partial charge in [-0.15, -0.1) is 0 Å². The Morgan fingerprint density at radius 2 is 1.79 bits per heavy atom. The predicted molar refractivity (Wildman–Crippen MR) is 139 cm³/mol. The van der Waals surface area contributed by atoms with Crippen LogP contribution in [0.5, 0.6) is 0 Å². The largest absolute Gasteiger partial charge is 0.324 e. The number of rotatable bonds is 4. The number of pyridine rings is 1. The molecule has 9 heteroatoms. The van der Waals surface area contributed by atoms with E-state index in [9.17, 15) is 14.0 Å². The van der Waals surface area contributed by atoms with Crippen LogP contribution < -0.4 is 5.32 Å². The van der Waals surface area contributed by atoms with Crippen molar-refractivity contribution >= 4 is 23.0 Å². The van der Waals surface area contributed by atoms with Gasteiger partial charge in [0.15, 0.2) is 17.6 Å². The monoisotopic (exact) mass is 504 g/mol. The minimum absolute atomic E-state index is 0.0289. The SMILES string of the molecule is Cc1ccc(-c2nn3cccnc3c2C(=O)N[C@H]2N=C(c3ccccc3)c3ccccc3CC2=O)c(F)n1. The number of carbonyl (C=O) groups is 2. The zero-order valence-corrected chi connectivity index (χ0v) is 20.3. The van der Waals surface area contributed by atoms with Crippen LogP contribution in [-0.4, -0.2) is 43.1 Å². The van der Waals surface area contributed by atoms with Gasteiger partial charge in [0.25, 0.3) is 5.91 Å². The fourth-order valence-corrected chi connectivity index (χ4v) is 4.58. The molecule has 0 fully saturated rings. The fraction of sp³-hybridized carbons (Fsp3) is 0.103. The van der Waals surface area contributed by atoms with Gasteiger partial charge >= 0.3 is 0 Å². The Morgan fingerprint density at radius 3 is 2.61 bits per heavy atom. The number of aliphatic imine (C=N–C) groups is 1. The van der Waals surface area contributed by atoms with Crippen molar-refractivity contribution in [3.05, 3.63) is 119 Å². The lowest BCUT2D eigenvalue weighted by atomic mass is 9.96. The summed E-state index contributed by atoms with van der Waals surface area (Å²) >= 11 is 0. The van der Waals surface area contributed by atoms with E-state index >= 15 is 0 Å². The first-order chi connectivity index (χ1) is 18.5. The molecule has 2 aromatic carbocycles. The molecular weight excluding hydrogens is 483 g/mol. The number of carbonyl (C=O) groups excluding carboxylic acids is 2. The zero-order chi connectivity index (χ0) is 26.2. The average molecular weight is 505 g/mol. The first-order valence-corrected chi connectivity index (χ1v) is 12.0. The number of halogens is 1. The number of hydrogen-bond acceptors (Lipinski definition) is 6. The second kappa shape index (κ2) is 9.44. The van der Waals surface area contributed by atoms with Crippen LogP contribution >= 0.6 is 0 Å². The minimum atomic E-state index is -1.17. The molecule has 6 rings (SSSR count). The number of benzene rings is 2. The molecule has 0 radical (unpaired) electrons. The zero-order valence-electron chi connectivity index (χ0n) is 20.3. The molecule has 38 heavy (non-hydrogen) atoms. The van der Waals surface area contributed by atoms with Gasteiger partial charge in [-0.2, -0.15) is 9.49 Å². The Hall–Kier alpha value is -5.05. The maximum absolute atomic E-state index is 14.9. The minimum Gasteiger partial charge on any atom is -0.324 e. The van der Waals surface area contributed by atoms with Crippen molar-refractivity contribution in [2.24, 2.45) is 4.99 Å². The van der Waals surface area contributed by atoms with Crippen molar-refractivity contribution in [1.82, 2.24) is 24.9 Å². The van der Waals surface area contributed by atoms with E-state index in [1.807, 2.05) is 54.6 Å². The van der Waals surface area contributed by atoms with E-state index in [4.69, 9.17) is 4.99 Å². The molecule has 3 aromatic heterocycles. The molecule has 1 N–H and O–H groups in total. The van der Waals surface area contributed by atoms with Gasteiger partial charge < -0.3 is 5.32 Å².